The highest BCUT2D eigenvalue weighted by atomic mass is 35.5. The molecule has 216 valence electrons. The summed E-state index contributed by atoms with van der Waals surface area (Å²) in [4.78, 5) is 44.8. The van der Waals surface area contributed by atoms with Crippen LogP contribution < -0.4 is 10.6 Å². The van der Waals surface area contributed by atoms with E-state index in [-0.39, 0.29) is 30.4 Å². The lowest BCUT2D eigenvalue weighted by molar-refractivity contribution is -0.127. The first kappa shape index (κ1) is 26.6. The Labute approximate surface area is 253 Å². The minimum absolute atomic E-state index is 0.00667. The van der Waals surface area contributed by atoms with E-state index >= 15 is 0 Å². The van der Waals surface area contributed by atoms with E-state index in [1.807, 2.05) is 58.9 Å². The van der Waals surface area contributed by atoms with Crippen molar-refractivity contribution in [1.29, 1.82) is 0 Å². The fraction of sp³-hybridized carbons (Fsp3) is 0.303. The van der Waals surface area contributed by atoms with Gasteiger partial charge in [-0.15, -0.1) is 0 Å². The van der Waals surface area contributed by atoms with E-state index in [0.717, 1.165) is 11.3 Å². The zero-order valence-electron chi connectivity index (χ0n) is 26.4. The van der Waals surface area contributed by atoms with Gasteiger partial charge < -0.3 is 9.80 Å². The highest BCUT2D eigenvalue weighted by Crippen LogP contribution is 2.37. The van der Waals surface area contributed by atoms with Crippen molar-refractivity contribution in [2.24, 2.45) is 0 Å². The summed E-state index contributed by atoms with van der Waals surface area (Å²) < 4.78 is 17.0. The fourth-order valence-corrected chi connectivity index (χ4v) is 6.12. The maximum Gasteiger partial charge on any atom is 0.355 e. The lowest BCUT2D eigenvalue weighted by Crippen LogP contribution is -2.58. The van der Waals surface area contributed by atoms with E-state index in [2.05, 4.69) is 21.4 Å². The van der Waals surface area contributed by atoms with E-state index in [0.29, 0.717) is 57.5 Å². The number of benzene rings is 1. The Balaban J connectivity index is 1.85. The minimum Gasteiger partial charge on any atom is -0.347 e. The molecule has 9 heteroatoms. The third-order valence-corrected chi connectivity index (χ3v) is 8.04. The number of anilines is 1. The van der Waals surface area contributed by atoms with Crippen molar-refractivity contribution in [2.45, 2.75) is 52.6 Å². The third kappa shape index (κ3) is 5.00. The molecule has 1 aliphatic heterocycles. The molecule has 0 bridgehead atoms. The largest absolute Gasteiger partial charge is 0.355 e. The molecule has 2 atom stereocenters. The molecule has 1 saturated heterocycles. The van der Waals surface area contributed by atoms with Crippen molar-refractivity contribution in [3.05, 3.63) is 94.1 Å². The highest BCUT2D eigenvalue weighted by molar-refractivity contribution is 6.34. The van der Waals surface area contributed by atoms with Crippen LogP contribution in [0.5, 0.6) is 0 Å². The van der Waals surface area contributed by atoms with E-state index in [1.165, 1.54) is 16.7 Å². The number of hydrogen-bond acceptors (Lipinski definition) is 6. The van der Waals surface area contributed by atoms with Gasteiger partial charge in [0, 0.05) is 36.9 Å². The predicted molar refractivity (Wildman–Crippen MR) is 170 cm³/mol. The Kier molecular flexibility index (Phi) is 7.30. The highest BCUT2D eigenvalue weighted by Gasteiger charge is 2.34. The molecular formula is C33H35ClN6O2. The average Bonchev–Trinajstić information content (AvgIpc) is 2.96. The van der Waals surface area contributed by atoms with Crippen LogP contribution in [0.25, 0.3) is 34.1 Å². The van der Waals surface area contributed by atoms with Crippen LogP contribution in [0.1, 0.15) is 53.2 Å². The Morgan fingerprint density at radius 3 is 2.55 bits per heavy atom. The number of rotatable bonds is 6. The average molecular weight is 585 g/mol. The molecule has 0 aliphatic carbocycles. The van der Waals surface area contributed by atoms with Gasteiger partial charge >= 0.3 is 5.69 Å². The zero-order valence-corrected chi connectivity index (χ0v) is 25.2. The van der Waals surface area contributed by atoms with E-state index in [4.69, 9.17) is 19.3 Å². The second-order valence-corrected chi connectivity index (χ2v) is 11.5. The molecule has 0 radical (unpaired) electrons. The van der Waals surface area contributed by atoms with E-state index in [9.17, 15) is 9.59 Å². The van der Waals surface area contributed by atoms with Crippen molar-refractivity contribution >= 4 is 40.4 Å². The second kappa shape index (κ2) is 11.5. The zero-order chi connectivity index (χ0) is 31.9. The van der Waals surface area contributed by atoms with Gasteiger partial charge in [-0.1, -0.05) is 68.9 Å². The summed E-state index contributed by atoms with van der Waals surface area (Å²) >= 11 is 6.98. The molecule has 8 nitrogen and oxygen atoms in total. The topological polar surface area (TPSA) is 84.2 Å². The number of fused-ring (bicyclic) bond motifs is 1. The summed E-state index contributed by atoms with van der Waals surface area (Å²) in [7, 11) is 0. The number of carbonyl (C=O) groups is 1. The summed E-state index contributed by atoms with van der Waals surface area (Å²) in [6, 6.07) is 10.6. The molecule has 1 amide bonds. The molecule has 5 rings (SSSR count). The molecule has 1 aliphatic rings. The molecule has 0 saturated carbocycles. The molecule has 0 spiro atoms. The first-order chi connectivity index (χ1) is 20.9. The van der Waals surface area contributed by atoms with Crippen LogP contribution in [0.2, 0.25) is 5.02 Å². The van der Waals surface area contributed by atoms with Gasteiger partial charge in [0.05, 0.1) is 30.2 Å². The van der Waals surface area contributed by atoms with Gasteiger partial charge in [0.1, 0.15) is 5.82 Å². The van der Waals surface area contributed by atoms with Gasteiger partial charge in [0.25, 0.3) is 0 Å². The summed E-state index contributed by atoms with van der Waals surface area (Å²) in [5.41, 5.74) is 3.68. The SMILES string of the molecule is [2H]C([2H])=Cc1ccccc1-c1nc2c(cc1Cl)c(N1[C@@H](C)CN(C(=O)C=C)C[C@@H]1C)nc(=O)n2-c1c(C)ccnc1C(C)C. The monoisotopic (exact) mass is 584 g/mol. The van der Waals surface area contributed by atoms with Crippen LogP contribution in [-0.2, 0) is 4.79 Å². The van der Waals surface area contributed by atoms with Gasteiger partial charge in [-0.25, -0.2) is 14.3 Å². The Morgan fingerprint density at radius 2 is 1.88 bits per heavy atom. The molecule has 1 aromatic carbocycles. The number of amides is 1. The molecular weight excluding hydrogens is 548 g/mol. The Hall–Kier alpha value is -4.30. The van der Waals surface area contributed by atoms with Gasteiger partial charge in [-0.05, 0) is 56.0 Å². The lowest BCUT2D eigenvalue weighted by Gasteiger charge is -2.45. The van der Waals surface area contributed by atoms with Gasteiger partial charge in [0.15, 0.2) is 5.65 Å². The number of piperazine rings is 1. The van der Waals surface area contributed by atoms with Gasteiger partial charge in [-0.2, -0.15) is 4.98 Å². The normalized spacial score (nSPS) is 17.7. The second-order valence-electron chi connectivity index (χ2n) is 11.0. The number of aromatic nitrogens is 4. The Morgan fingerprint density at radius 1 is 1.17 bits per heavy atom. The molecule has 0 N–H and O–H groups in total. The van der Waals surface area contributed by atoms with E-state index < -0.39 is 5.69 Å². The van der Waals surface area contributed by atoms with Crippen molar-refractivity contribution < 1.29 is 7.54 Å². The quantitative estimate of drug-likeness (QED) is 0.252. The lowest BCUT2D eigenvalue weighted by atomic mass is 10.0. The molecule has 42 heavy (non-hydrogen) atoms. The van der Waals surface area contributed by atoms with Crippen molar-refractivity contribution in [2.75, 3.05) is 18.0 Å². The van der Waals surface area contributed by atoms with Crippen LogP contribution in [0.4, 0.5) is 5.82 Å². The first-order valence-electron chi connectivity index (χ1n) is 15.0. The molecule has 1 fully saturated rings. The number of pyridine rings is 2. The van der Waals surface area contributed by atoms with Crippen molar-refractivity contribution in [3.63, 3.8) is 0 Å². The van der Waals surface area contributed by atoms with Crippen molar-refractivity contribution in [1.82, 2.24) is 24.4 Å². The van der Waals surface area contributed by atoms with Crippen LogP contribution in [0, 0.1) is 6.92 Å². The smallest absolute Gasteiger partial charge is 0.347 e. The van der Waals surface area contributed by atoms with Gasteiger partial charge in [0.2, 0.25) is 5.91 Å². The number of aryl methyl sites for hydroxylation is 1. The maximum absolute atomic E-state index is 14.2. The van der Waals surface area contributed by atoms with Crippen LogP contribution in [0.3, 0.4) is 0 Å². The van der Waals surface area contributed by atoms with E-state index in [1.54, 1.807) is 23.2 Å². The van der Waals surface area contributed by atoms with Crippen LogP contribution >= 0.6 is 11.6 Å². The van der Waals surface area contributed by atoms with Crippen LogP contribution in [0.15, 0.2) is 66.6 Å². The standard InChI is InChI=1S/C33H35ClN6O2/c1-8-23-12-10-11-13-24(23)29-26(34)16-25-31(36-29)40(30-20(5)14-15-35-28(30)19(3)4)33(42)37-32(25)39-21(6)17-38(18-22(39)7)27(41)9-2/h8-16,19,21-22H,1-2,17-18H2,3-7H3/t21-,22-/m0/s1/i1D2. The molecule has 4 heterocycles. The minimum atomic E-state index is -0.511. The summed E-state index contributed by atoms with van der Waals surface area (Å²) in [6.45, 7) is 14.1. The Bertz CT molecular complexity index is 1860. The number of carbonyl (C=O) groups excluding carboxylic acids is 1. The van der Waals surface area contributed by atoms with Crippen LogP contribution in [-0.4, -0.2) is 55.5 Å². The molecule has 0 unspecified atom stereocenters. The predicted octanol–water partition coefficient (Wildman–Crippen LogP) is 6.18. The summed E-state index contributed by atoms with van der Waals surface area (Å²) in [5.74, 6) is 0.302. The van der Waals surface area contributed by atoms with Crippen molar-refractivity contribution in [3.8, 4) is 16.9 Å². The number of hydrogen-bond donors (Lipinski definition) is 0. The molecule has 3 aromatic heterocycles. The fourth-order valence-electron chi connectivity index (χ4n) is 5.87. The summed E-state index contributed by atoms with van der Waals surface area (Å²) in [6.07, 6.45) is 4.47. The third-order valence-electron chi connectivity index (χ3n) is 7.75. The molecule has 4 aromatic rings. The first-order valence-corrected chi connectivity index (χ1v) is 14.3. The number of nitrogens with zero attached hydrogens (tertiary/aromatic N) is 6. The maximum atomic E-state index is 14.2. The van der Waals surface area contributed by atoms with Gasteiger partial charge in [-0.3, -0.25) is 9.78 Å². The number of halogens is 1. The summed E-state index contributed by atoms with van der Waals surface area (Å²) in [5, 5.41) is 0.907.